The Morgan fingerprint density at radius 2 is 2.11 bits per heavy atom. The number of amidine groups is 1. The number of nitrogens with zero attached hydrogens (tertiary/aromatic N) is 1. The molecule has 1 N–H and O–H groups in total. The minimum absolute atomic E-state index is 0.332. The zero-order valence-corrected chi connectivity index (χ0v) is 12.3. The number of benzene rings is 1. The molecule has 0 spiro atoms. The molecule has 0 saturated heterocycles. The zero-order valence-electron chi connectivity index (χ0n) is 11.5. The summed E-state index contributed by atoms with van der Waals surface area (Å²) in [6, 6.07) is 8.53. The Morgan fingerprint density at radius 1 is 1.33 bits per heavy atom. The molecule has 0 aliphatic carbocycles. The van der Waals surface area contributed by atoms with Crippen LogP contribution in [0.4, 0.5) is 5.69 Å². The number of para-hydroxylation sites is 1. The highest BCUT2D eigenvalue weighted by Crippen LogP contribution is 2.29. The van der Waals surface area contributed by atoms with Crippen LogP contribution in [0.3, 0.4) is 0 Å². The Kier molecular flexibility index (Phi) is 4.33. The number of rotatable bonds is 3. The van der Waals surface area contributed by atoms with E-state index in [0.29, 0.717) is 5.41 Å². The van der Waals surface area contributed by atoms with Crippen LogP contribution < -0.4 is 5.32 Å². The molecule has 3 heteroatoms. The van der Waals surface area contributed by atoms with Gasteiger partial charge in [-0.3, -0.25) is 4.99 Å². The van der Waals surface area contributed by atoms with Gasteiger partial charge in [0.15, 0.2) is 5.17 Å². The van der Waals surface area contributed by atoms with Crippen molar-refractivity contribution < 1.29 is 0 Å². The molecule has 0 amide bonds. The third kappa shape index (κ3) is 3.52. The van der Waals surface area contributed by atoms with Gasteiger partial charge >= 0.3 is 0 Å². The van der Waals surface area contributed by atoms with Crippen LogP contribution in [0, 0.1) is 5.41 Å². The molecule has 0 fully saturated rings. The third-order valence-corrected chi connectivity index (χ3v) is 4.46. The molecule has 2 rings (SSSR count). The van der Waals surface area contributed by atoms with E-state index in [2.05, 4.69) is 55.3 Å². The highest BCUT2D eigenvalue weighted by Gasteiger charge is 2.23. The third-order valence-electron chi connectivity index (χ3n) is 3.03. The maximum Gasteiger partial charge on any atom is 0.161 e. The van der Waals surface area contributed by atoms with E-state index >= 15 is 0 Å². The summed E-state index contributed by atoms with van der Waals surface area (Å²) >= 11 is 1.83. The molecule has 98 valence electrons. The van der Waals surface area contributed by atoms with Crippen molar-refractivity contribution in [2.45, 2.75) is 33.6 Å². The van der Waals surface area contributed by atoms with Crippen molar-refractivity contribution in [1.82, 2.24) is 0 Å². The van der Waals surface area contributed by atoms with E-state index in [9.17, 15) is 0 Å². The summed E-state index contributed by atoms with van der Waals surface area (Å²) in [5.74, 6) is 1.13. The largest absolute Gasteiger partial charge is 0.335 e. The molecular weight excluding hydrogens is 240 g/mol. The molecule has 0 radical (unpaired) electrons. The smallest absolute Gasteiger partial charge is 0.161 e. The van der Waals surface area contributed by atoms with Crippen molar-refractivity contribution in [3.63, 3.8) is 0 Å². The Morgan fingerprint density at radius 3 is 2.78 bits per heavy atom. The van der Waals surface area contributed by atoms with Crippen molar-refractivity contribution in [2.24, 2.45) is 10.4 Å². The molecule has 1 aliphatic rings. The topological polar surface area (TPSA) is 24.4 Å². The Bertz CT molecular complexity index is 438. The fourth-order valence-electron chi connectivity index (χ4n) is 1.96. The summed E-state index contributed by atoms with van der Waals surface area (Å²) in [5.41, 5.74) is 2.93. The van der Waals surface area contributed by atoms with Crippen molar-refractivity contribution in [3.05, 3.63) is 29.8 Å². The molecule has 0 atom stereocenters. The number of hydrogen-bond donors (Lipinski definition) is 1. The molecule has 0 bridgehead atoms. The van der Waals surface area contributed by atoms with Crippen LogP contribution in [0.15, 0.2) is 29.3 Å². The number of aliphatic imine (C=N–C) groups is 1. The lowest BCUT2D eigenvalue weighted by molar-refractivity contribution is 0.438. The van der Waals surface area contributed by atoms with Gasteiger partial charge in [-0.1, -0.05) is 57.2 Å². The average molecular weight is 262 g/mol. The van der Waals surface area contributed by atoms with Crippen LogP contribution in [-0.4, -0.2) is 17.5 Å². The number of aryl methyl sites for hydroxylation is 1. The Hall–Kier alpha value is -0.960. The molecule has 18 heavy (non-hydrogen) atoms. The van der Waals surface area contributed by atoms with Crippen molar-refractivity contribution in [1.29, 1.82) is 0 Å². The summed E-state index contributed by atoms with van der Waals surface area (Å²) in [6.45, 7) is 7.67. The first kappa shape index (κ1) is 13.5. The van der Waals surface area contributed by atoms with Crippen LogP contribution in [0.25, 0.3) is 0 Å². The fraction of sp³-hybridized carbons (Fsp3) is 0.533. The van der Waals surface area contributed by atoms with Crippen molar-refractivity contribution in [2.75, 3.05) is 17.6 Å². The molecule has 1 aromatic rings. The second-order valence-corrected chi connectivity index (χ2v) is 6.57. The zero-order chi connectivity index (χ0) is 13.0. The molecule has 0 saturated carbocycles. The van der Waals surface area contributed by atoms with Gasteiger partial charge in [0, 0.05) is 18.0 Å². The highest BCUT2D eigenvalue weighted by molar-refractivity contribution is 8.14. The maximum atomic E-state index is 4.65. The molecule has 1 aliphatic heterocycles. The first-order chi connectivity index (χ1) is 8.61. The van der Waals surface area contributed by atoms with Gasteiger partial charge in [0.2, 0.25) is 0 Å². The Labute approximate surface area is 114 Å². The van der Waals surface area contributed by atoms with Crippen LogP contribution in [0.2, 0.25) is 0 Å². The van der Waals surface area contributed by atoms with E-state index in [-0.39, 0.29) is 0 Å². The van der Waals surface area contributed by atoms with Crippen LogP contribution in [0.1, 0.15) is 32.8 Å². The van der Waals surface area contributed by atoms with Crippen LogP contribution in [-0.2, 0) is 6.42 Å². The van der Waals surface area contributed by atoms with Crippen LogP contribution >= 0.6 is 11.8 Å². The fourth-order valence-corrected chi connectivity index (χ4v) is 2.92. The molecule has 2 nitrogen and oxygen atoms in total. The lowest BCUT2D eigenvalue weighted by atomic mass is 9.97. The second-order valence-electron chi connectivity index (χ2n) is 5.61. The van der Waals surface area contributed by atoms with Gasteiger partial charge in [0.05, 0.1) is 0 Å². The van der Waals surface area contributed by atoms with Crippen molar-refractivity contribution >= 4 is 22.6 Å². The minimum Gasteiger partial charge on any atom is -0.335 e. The first-order valence-corrected chi connectivity index (χ1v) is 7.61. The monoisotopic (exact) mass is 262 g/mol. The summed E-state index contributed by atoms with van der Waals surface area (Å²) < 4.78 is 0. The van der Waals surface area contributed by atoms with E-state index in [4.69, 9.17) is 0 Å². The molecule has 1 heterocycles. The minimum atomic E-state index is 0.332. The predicted molar refractivity (Wildman–Crippen MR) is 82.6 cm³/mol. The van der Waals surface area contributed by atoms with Gasteiger partial charge in [0.1, 0.15) is 0 Å². The van der Waals surface area contributed by atoms with Crippen LogP contribution in [0.5, 0.6) is 0 Å². The average Bonchev–Trinajstić information content (AvgIpc) is 2.35. The lowest BCUT2D eigenvalue weighted by Crippen LogP contribution is -2.27. The highest BCUT2D eigenvalue weighted by atomic mass is 32.2. The number of nitrogens with one attached hydrogen (secondary N) is 1. The standard InChI is InChI=1S/C15H22N2S/c1-4-7-12-8-5-6-9-13(12)17-14-16-10-15(2,3)11-18-14/h5-6,8-9H,4,7,10-11H2,1-3H3,(H,16,17). The van der Waals surface area contributed by atoms with Gasteiger partial charge in [-0.25, -0.2) is 0 Å². The molecule has 1 aromatic carbocycles. The van der Waals surface area contributed by atoms with Gasteiger partial charge in [0.25, 0.3) is 0 Å². The first-order valence-electron chi connectivity index (χ1n) is 6.63. The summed E-state index contributed by atoms with van der Waals surface area (Å²) in [7, 11) is 0. The normalized spacial score (nSPS) is 18.3. The quantitative estimate of drug-likeness (QED) is 0.883. The predicted octanol–water partition coefficient (Wildman–Crippen LogP) is 4.18. The molecule has 0 aromatic heterocycles. The molecular formula is C15H22N2S. The van der Waals surface area contributed by atoms with Crippen molar-refractivity contribution in [3.8, 4) is 0 Å². The number of hydrogen-bond acceptors (Lipinski definition) is 3. The lowest BCUT2D eigenvalue weighted by Gasteiger charge is -2.27. The number of thioether (sulfide) groups is 1. The summed E-state index contributed by atoms with van der Waals surface area (Å²) in [4.78, 5) is 4.65. The van der Waals surface area contributed by atoms with Gasteiger partial charge in [-0.05, 0) is 23.5 Å². The van der Waals surface area contributed by atoms with E-state index < -0.39 is 0 Å². The van der Waals surface area contributed by atoms with E-state index in [1.807, 2.05) is 11.8 Å². The van der Waals surface area contributed by atoms with Gasteiger partial charge in [-0.15, -0.1) is 0 Å². The van der Waals surface area contributed by atoms with E-state index in [1.54, 1.807) is 0 Å². The van der Waals surface area contributed by atoms with Gasteiger partial charge < -0.3 is 5.32 Å². The maximum absolute atomic E-state index is 4.65. The SMILES string of the molecule is CCCc1ccccc1NC1=NCC(C)(C)CS1. The Balaban J connectivity index is 2.08. The van der Waals surface area contributed by atoms with Gasteiger partial charge in [-0.2, -0.15) is 0 Å². The van der Waals surface area contributed by atoms with E-state index in [0.717, 1.165) is 23.9 Å². The number of anilines is 1. The molecule has 0 unspecified atom stereocenters. The summed E-state index contributed by atoms with van der Waals surface area (Å²) in [6.07, 6.45) is 2.29. The summed E-state index contributed by atoms with van der Waals surface area (Å²) in [5, 5.41) is 4.55. The second kappa shape index (κ2) is 5.79. The van der Waals surface area contributed by atoms with E-state index in [1.165, 1.54) is 17.7 Å².